The fraction of sp³-hybridized carbons (Fsp3) is 0.343. The lowest BCUT2D eigenvalue weighted by Gasteiger charge is -2.29. The number of carbonyl (C=O) groups excluding carboxylic acids is 1. The molecule has 0 fully saturated rings. The number of amides is 1. The first-order valence-corrected chi connectivity index (χ1v) is 16.2. The van der Waals surface area contributed by atoms with Gasteiger partial charge < -0.3 is 20.1 Å². The number of aromatic nitrogens is 3. The standard InChI is InChI=1S/C35H41N5O3S/c1-7-9-18-44-35-38-34-36-25(6)31(33(41)37-28-15-11-13-23(4)24(28)5)32(40(34)39-35)27-16-17-29(30(20-27)42-8-2)43-21-26-14-10-12-22(3)19-26/h10-17,19-20,32H,7-9,18,21H2,1-6H3,(H,37,41)(H,36,38,39). The molecule has 1 aliphatic rings. The van der Waals surface area contributed by atoms with Crippen molar-refractivity contribution in [1.29, 1.82) is 0 Å². The lowest BCUT2D eigenvalue weighted by Crippen LogP contribution is -2.31. The molecule has 9 heteroatoms. The van der Waals surface area contributed by atoms with E-state index in [2.05, 4.69) is 36.6 Å². The molecule has 0 spiro atoms. The van der Waals surface area contributed by atoms with Gasteiger partial charge in [0.15, 0.2) is 11.5 Å². The first-order valence-electron chi connectivity index (χ1n) is 15.2. The number of allylic oxidation sites excluding steroid dienone is 1. The highest BCUT2D eigenvalue weighted by Gasteiger charge is 2.35. The zero-order valence-electron chi connectivity index (χ0n) is 26.4. The Morgan fingerprint density at radius 3 is 2.59 bits per heavy atom. The molecule has 5 rings (SSSR count). The van der Waals surface area contributed by atoms with Crippen molar-refractivity contribution in [3.8, 4) is 11.5 Å². The predicted molar refractivity (Wildman–Crippen MR) is 178 cm³/mol. The van der Waals surface area contributed by atoms with Crippen molar-refractivity contribution >= 4 is 29.3 Å². The molecule has 1 amide bonds. The molecule has 230 valence electrons. The maximum atomic E-state index is 14.1. The van der Waals surface area contributed by atoms with Crippen LogP contribution in [0.25, 0.3) is 0 Å². The number of benzene rings is 3. The Bertz CT molecular complexity index is 1680. The van der Waals surface area contributed by atoms with Crippen LogP contribution >= 0.6 is 11.8 Å². The maximum Gasteiger partial charge on any atom is 0.255 e. The first kappa shape index (κ1) is 31.2. The number of nitrogens with one attached hydrogen (secondary N) is 2. The Hall–Kier alpha value is -4.24. The molecule has 1 unspecified atom stereocenters. The second-order valence-corrected chi connectivity index (χ2v) is 12.1. The number of anilines is 2. The molecule has 0 aliphatic carbocycles. The molecule has 1 aromatic heterocycles. The van der Waals surface area contributed by atoms with E-state index in [0.717, 1.165) is 52.2 Å². The summed E-state index contributed by atoms with van der Waals surface area (Å²) in [6.07, 6.45) is 2.18. The second-order valence-electron chi connectivity index (χ2n) is 11.0. The van der Waals surface area contributed by atoms with Crippen molar-refractivity contribution in [3.63, 3.8) is 0 Å². The van der Waals surface area contributed by atoms with Gasteiger partial charge >= 0.3 is 0 Å². The molecule has 0 saturated heterocycles. The fourth-order valence-corrected chi connectivity index (χ4v) is 6.14. The van der Waals surface area contributed by atoms with Gasteiger partial charge in [-0.05, 0) is 81.5 Å². The molecule has 0 bridgehead atoms. The van der Waals surface area contributed by atoms with Crippen molar-refractivity contribution in [2.24, 2.45) is 0 Å². The molecular formula is C35H41N5O3S. The van der Waals surface area contributed by atoms with E-state index < -0.39 is 6.04 Å². The van der Waals surface area contributed by atoms with E-state index in [-0.39, 0.29) is 5.91 Å². The third-order valence-electron chi connectivity index (χ3n) is 7.72. The molecule has 3 aromatic carbocycles. The maximum absolute atomic E-state index is 14.1. The van der Waals surface area contributed by atoms with Crippen LogP contribution in [0.5, 0.6) is 11.5 Å². The van der Waals surface area contributed by atoms with Crippen molar-refractivity contribution in [1.82, 2.24) is 14.8 Å². The first-order chi connectivity index (χ1) is 21.3. The molecule has 8 nitrogen and oxygen atoms in total. The van der Waals surface area contributed by atoms with Gasteiger partial charge in [-0.2, -0.15) is 4.98 Å². The van der Waals surface area contributed by atoms with Gasteiger partial charge in [0, 0.05) is 17.1 Å². The van der Waals surface area contributed by atoms with E-state index in [9.17, 15) is 4.79 Å². The number of aryl methyl sites for hydroxylation is 2. The smallest absolute Gasteiger partial charge is 0.255 e. The van der Waals surface area contributed by atoms with E-state index in [1.54, 1.807) is 11.8 Å². The molecule has 1 aliphatic heterocycles. The average Bonchev–Trinajstić information content (AvgIpc) is 3.40. The minimum absolute atomic E-state index is 0.201. The van der Waals surface area contributed by atoms with Crippen molar-refractivity contribution in [2.45, 2.75) is 72.2 Å². The van der Waals surface area contributed by atoms with Crippen LogP contribution in [0, 0.1) is 20.8 Å². The minimum Gasteiger partial charge on any atom is -0.490 e. The highest BCUT2D eigenvalue weighted by Crippen LogP contribution is 2.40. The minimum atomic E-state index is -0.533. The summed E-state index contributed by atoms with van der Waals surface area (Å²) in [5.74, 6) is 2.59. The van der Waals surface area contributed by atoms with Crippen LogP contribution in [0.4, 0.5) is 11.6 Å². The zero-order valence-corrected chi connectivity index (χ0v) is 27.2. The lowest BCUT2D eigenvalue weighted by molar-refractivity contribution is -0.113. The quantitative estimate of drug-likeness (QED) is 0.124. The topological polar surface area (TPSA) is 90.3 Å². The second kappa shape index (κ2) is 14.0. The number of thioether (sulfide) groups is 1. The van der Waals surface area contributed by atoms with Crippen molar-refractivity contribution in [2.75, 3.05) is 23.0 Å². The van der Waals surface area contributed by atoms with E-state index in [0.29, 0.717) is 41.4 Å². The highest BCUT2D eigenvalue weighted by molar-refractivity contribution is 7.99. The summed E-state index contributed by atoms with van der Waals surface area (Å²) in [6.45, 7) is 13.0. The predicted octanol–water partition coefficient (Wildman–Crippen LogP) is 8.00. The molecule has 2 N–H and O–H groups in total. The van der Waals surface area contributed by atoms with Crippen LogP contribution in [0.2, 0.25) is 0 Å². The number of hydrogen-bond acceptors (Lipinski definition) is 7. The Balaban J connectivity index is 1.53. The lowest BCUT2D eigenvalue weighted by atomic mass is 9.94. The van der Waals surface area contributed by atoms with Gasteiger partial charge in [-0.25, -0.2) is 4.68 Å². The number of nitrogens with zero attached hydrogens (tertiary/aromatic N) is 3. The summed E-state index contributed by atoms with van der Waals surface area (Å²) in [5.41, 5.74) is 7.32. The summed E-state index contributed by atoms with van der Waals surface area (Å²) in [7, 11) is 0. The summed E-state index contributed by atoms with van der Waals surface area (Å²) in [5, 5.41) is 12.1. The van der Waals surface area contributed by atoms with E-state index in [1.807, 2.05) is 80.9 Å². The molecule has 4 aromatic rings. The molecule has 0 radical (unpaired) electrons. The molecular weight excluding hydrogens is 570 g/mol. The number of ether oxygens (including phenoxy) is 2. The van der Waals surface area contributed by atoms with Gasteiger partial charge in [0.05, 0.1) is 12.2 Å². The third-order valence-corrected chi connectivity index (χ3v) is 8.64. The highest BCUT2D eigenvalue weighted by atomic mass is 32.2. The van der Waals surface area contributed by atoms with Crippen LogP contribution in [0.3, 0.4) is 0 Å². The van der Waals surface area contributed by atoms with Crippen LogP contribution in [-0.4, -0.2) is 33.0 Å². The number of rotatable bonds is 12. The number of carbonyl (C=O) groups is 1. The van der Waals surface area contributed by atoms with Gasteiger partial charge in [-0.15, -0.1) is 5.10 Å². The Morgan fingerprint density at radius 2 is 1.82 bits per heavy atom. The molecule has 1 atom stereocenters. The van der Waals surface area contributed by atoms with Crippen LogP contribution in [-0.2, 0) is 11.4 Å². The Kier molecular flexibility index (Phi) is 9.95. The van der Waals surface area contributed by atoms with Gasteiger partial charge in [0.25, 0.3) is 5.91 Å². The number of fused-ring (bicyclic) bond motifs is 1. The van der Waals surface area contributed by atoms with Crippen LogP contribution in [0.1, 0.15) is 67.5 Å². The largest absolute Gasteiger partial charge is 0.490 e. The van der Waals surface area contributed by atoms with E-state index >= 15 is 0 Å². The number of unbranched alkanes of at least 4 members (excludes halogenated alkanes) is 1. The molecule has 44 heavy (non-hydrogen) atoms. The van der Waals surface area contributed by atoms with E-state index in [1.165, 1.54) is 5.56 Å². The van der Waals surface area contributed by atoms with Gasteiger partial charge in [0.2, 0.25) is 11.1 Å². The summed E-state index contributed by atoms with van der Waals surface area (Å²) in [4.78, 5) is 18.9. The van der Waals surface area contributed by atoms with E-state index in [4.69, 9.17) is 19.6 Å². The number of hydrogen-bond donors (Lipinski definition) is 2. The zero-order chi connectivity index (χ0) is 31.2. The van der Waals surface area contributed by atoms with Crippen molar-refractivity contribution in [3.05, 3.63) is 99.8 Å². The normalized spacial score (nSPS) is 14.2. The average molecular weight is 612 g/mol. The van der Waals surface area contributed by atoms with Crippen LogP contribution < -0.4 is 20.1 Å². The molecule has 2 heterocycles. The van der Waals surface area contributed by atoms with Crippen molar-refractivity contribution < 1.29 is 14.3 Å². The third kappa shape index (κ3) is 6.94. The Labute approximate surface area is 264 Å². The SMILES string of the molecule is CCCCSc1nc2n(n1)C(c1ccc(OCc3cccc(C)c3)c(OCC)c1)C(C(=O)Nc1cccc(C)c1C)=C(C)N2. The summed E-state index contributed by atoms with van der Waals surface area (Å²) >= 11 is 1.63. The fourth-order valence-electron chi connectivity index (χ4n) is 5.22. The van der Waals surface area contributed by atoms with Gasteiger partial charge in [-0.1, -0.05) is 73.1 Å². The van der Waals surface area contributed by atoms with Crippen LogP contribution in [0.15, 0.2) is 77.1 Å². The molecule has 0 saturated carbocycles. The van der Waals surface area contributed by atoms with Gasteiger partial charge in [0.1, 0.15) is 12.6 Å². The summed E-state index contributed by atoms with van der Waals surface area (Å²) < 4.78 is 14.1. The summed E-state index contributed by atoms with van der Waals surface area (Å²) in [6, 6.07) is 19.5. The van der Waals surface area contributed by atoms with Gasteiger partial charge in [-0.3, -0.25) is 4.79 Å². The Morgan fingerprint density at radius 1 is 1.00 bits per heavy atom. The monoisotopic (exact) mass is 611 g/mol.